The molecule has 1 amide bonds. The Kier molecular flexibility index (Phi) is 6.39. The Hall–Kier alpha value is -2.48. The number of nitro benzene ring substituents is 1. The van der Waals surface area contributed by atoms with E-state index in [9.17, 15) is 14.9 Å². The van der Waals surface area contributed by atoms with Crippen molar-refractivity contribution in [3.05, 3.63) is 74.8 Å². The number of halogens is 1. The van der Waals surface area contributed by atoms with Gasteiger partial charge in [0.2, 0.25) is 0 Å². The number of nitrogens with zero attached hydrogens (tertiary/aromatic N) is 2. The minimum Gasteiger partial charge on any atom is -0.379 e. The molecule has 3 rings (SSSR count). The summed E-state index contributed by atoms with van der Waals surface area (Å²) in [5.74, 6) is -0.378. The van der Waals surface area contributed by atoms with Crippen LogP contribution in [0.2, 0.25) is 5.02 Å². The van der Waals surface area contributed by atoms with E-state index in [4.69, 9.17) is 16.3 Å². The van der Waals surface area contributed by atoms with Gasteiger partial charge in [0.25, 0.3) is 11.6 Å². The van der Waals surface area contributed by atoms with E-state index in [0.29, 0.717) is 19.8 Å². The fourth-order valence-corrected chi connectivity index (χ4v) is 3.18. The van der Waals surface area contributed by atoms with Crippen LogP contribution in [-0.4, -0.2) is 48.6 Å². The number of ether oxygens (including phenoxy) is 1. The van der Waals surface area contributed by atoms with Gasteiger partial charge in [0.05, 0.1) is 24.2 Å². The number of morpholine rings is 1. The van der Waals surface area contributed by atoms with Crippen LogP contribution >= 0.6 is 11.6 Å². The third-order valence-corrected chi connectivity index (χ3v) is 4.78. The minimum atomic E-state index is -0.596. The number of hydrogen-bond donors (Lipinski definition) is 1. The number of nitrogens with one attached hydrogen (secondary N) is 1. The number of amides is 1. The van der Waals surface area contributed by atoms with Crippen molar-refractivity contribution < 1.29 is 14.5 Å². The normalized spacial score (nSPS) is 15.9. The first-order valence-electron chi connectivity index (χ1n) is 8.64. The van der Waals surface area contributed by atoms with Gasteiger partial charge in [-0.3, -0.25) is 19.8 Å². The molecule has 0 saturated carbocycles. The second-order valence-corrected chi connectivity index (χ2v) is 6.68. The second kappa shape index (κ2) is 8.94. The molecule has 2 aromatic carbocycles. The van der Waals surface area contributed by atoms with E-state index >= 15 is 0 Å². The minimum absolute atomic E-state index is 0.00414. The highest BCUT2D eigenvalue weighted by Gasteiger charge is 2.22. The average Bonchev–Trinajstić information content (AvgIpc) is 2.69. The average molecular weight is 390 g/mol. The molecule has 1 aliphatic rings. The van der Waals surface area contributed by atoms with Gasteiger partial charge in [0.15, 0.2) is 0 Å². The number of hydrogen-bond acceptors (Lipinski definition) is 5. The number of rotatable bonds is 6. The van der Waals surface area contributed by atoms with E-state index in [0.717, 1.165) is 18.7 Å². The van der Waals surface area contributed by atoms with Crippen molar-refractivity contribution in [1.29, 1.82) is 0 Å². The zero-order chi connectivity index (χ0) is 19.2. The highest BCUT2D eigenvalue weighted by Crippen LogP contribution is 2.25. The van der Waals surface area contributed by atoms with Gasteiger partial charge in [-0.1, -0.05) is 41.9 Å². The fourth-order valence-electron chi connectivity index (χ4n) is 3.00. The summed E-state index contributed by atoms with van der Waals surface area (Å²) < 4.78 is 5.38. The summed E-state index contributed by atoms with van der Waals surface area (Å²) in [5.41, 5.74) is 0.892. The van der Waals surface area contributed by atoms with Gasteiger partial charge in [0.1, 0.15) is 5.02 Å². The molecule has 0 unspecified atom stereocenters. The molecule has 0 spiro atoms. The van der Waals surface area contributed by atoms with Gasteiger partial charge in [-0.15, -0.1) is 0 Å². The Morgan fingerprint density at radius 2 is 1.93 bits per heavy atom. The molecule has 1 aliphatic heterocycles. The SMILES string of the molecule is O=C(N[C@H](CN1CCOCC1)c1ccccc1)c1ccc(Cl)c([N+](=O)[O-])c1. The van der Waals surface area contributed by atoms with E-state index in [2.05, 4.69) is 10.2 Å². The molecule has 1 N–H and O–H groups in total. The summed E-state index contributed by atoms with van der Waals surface area (Å²) in [6, 6.07) is 13.5. The van der Waals surface area contributed by atoms with Crippen molar-refractivity contribution in [2.75, 3.05) is 32.8 Å². The van der Waals surface area contributed by atoms with E-state index < -0.39 is 4.92 Å². The Morgan fingerprint density at radius 3 is 2.59 bits per heavy atom. The second-order valence-electron chi connectivity index (χ2n) is 6.27. The fraction of sp³-hybridized carbons (Fsp3) is 0.316. The molecule has 0 radical (unpaired) electrons. The third-order valence-electron chi connectivity index (χ3n) is 4.46. The molecule has 142 valence electrons. The molecule has 0 bridgehead atoms. The molecule has 2 aromatic rings. The lowest BCUT2D eigenvalue weighted by Gasteiger charge is -2.31. The van der Waals surface area contributed by atoms with Gasteiger partial charge in [-0.05, 0) is 17.7 Å². The predicted octanol–water partition coefficient (Wildman–Crippen LogP) is 3.05. The molecule has 7 nitrogen and oxygen atoms in total. The number of benzene rings is 2. The molecule has 27 heavy (non-hydrogen) atoms. The van der Waals surface area contributed by atoms with Crippen LogP contribution in [0.3, 0.4) is 0 Å². The lowest BCUT2D eigenvalue weighted by atomic mass is 10.1. The Morgan fingerprint density at radius 1 is 1.22 bits per heavy atom. The third kappa shape index (κ3) is 5.03. The molecule has 1 fully saturated rings. The number of carbonyl (C=O) groups excluding carboxylic acids is 1. The molecular formula is C19H20ClN3O4. The van der Waals surface area contributed by atoms with E-state index in [-0.39, 0.29) is 28.2 Å². The predicted molar refractivity (Wildman–Crippen MR) is 102 cm³/mol. The summed E-state index contributed by atoms with van der Waals surface area (Å²) in [7, 11) is 0. The molecular weight excluding hydrogens is 370 g/mol. The highest BCUT2D eigenvalue weighted by atomic mass is 35.5. The molecule has 1 heterocycles. The van der Waals surface area contributed by atoms with E-state index in [1.54, 1.807) is 0 Å². The van der Waals surface area contributed by atoms with Gasteiger partial charge in [0, 0.05) is 31.3 Å². The number of nitro groups is 1. The lowest BCUT2D eigenvalue weighted by Crippen LogP contribution is -2.43. The highest BCUT2D eigenvalue weighted by molar-refractivity contribution is 6.32. The van der Waals surface area contributed by atoms with E-state index in [1.165, 1.54) is 18.2 Å². The van der Waals surface area contributed by atoms with Crippen molar-refractivity contribution in [1.82, 2.24) is 10.2 Å². The van der Waals surface area contributed by atoms with Crippen molar-refractivity contribution in [3.8, 4) is 0 Å². The van der Waals surface area contributed by atoms with Gasteiger partial charge in [-0.2, -0.15) is 0 Å². The standard InChI is InChI=1S/C19H20ClN3O4/c20-16-7-6-15(12-18(16)23(25)26)19(24)21-17(14-4-2-1-3-5-14)13-22-8-10-27-11-9-22/h1-7,12,17H,8-11,13H2,(H,21,24)/t17-/m1/s1. The summed E-state index contributed by atoms with van der Waals surface area (Å²) >= 11 is 5.83. The van der Waals surface area contributed by atoms with Gasteiger partial charge >= 0.3 is 0 Å². The molecule has 1 saturated heterocycles. The summed E-state index contributed by atoms with van der Waals surface area (Å²) in [6.07, 6.45) is 0. The van der Waals surface area contributed by atoms with E-state index in [1.807, 2.05) is 30.3 Å². The first kappa shape index (κ1) is 19.3. The molecule has 8 heteroatoms. The van der Waals surface area contributed by atoms with Crippen molar-refractivity contribution >= 4 is 23.2 Å². The zero-order valence-electron chi connectivity index (χ0n) is 14.6. The van der Waals surface area contributed by atoms with Gasteiger partial charge in [-0.25, -0.2) is 0 Å². The maximum atomic E-state index is 12.7. The topological polar surface area (TPSA) is 84.7 Å². The molecule has 0 aliphatic carbocycles. The smallest absolute Gasteiger partial charge is 0.288 e. The van der Waals surface area contributed by atoms with Gasteiger partial charge < -0.3 is 10.1 Å². The largest absolute Gasteiger partial charge is 0.379 e. The molecule has 1 atom stereocenters. The Bertz CT molecular complexity index is 810. The first-order chi connectivity index (χ1) is 13.0. The van der Waals surface area contributed by atoms with Crippen LogP contribution in [0.25, 0.3) is 0 Å². The lowest BCUT2D eigenvalue weighted by molar-refractivity contribution is -0.384. The van der Waals surface area contributed by atoms with Crippen LogP contribution in [0.15, 0.2) is 48.5 Å². The summed E-state index contributed by atoms with van der Waals surface area (Å²) in [4.78, 5) is 25.4. The van der Waals surface area contributed by atoms with Crippen LogP contribution in [0.4, 0.5) is 5.69 Å². The van der Waals surface area contributed by atoms with Crippen LogP contribution in [0.1, 0.15) is 22.0 Å². The summed E-state index contributed by atoms with van der Waals surface area (Å²) in [6.45, 7) is 3.56. The van der Waals surface area contributed by atoms with Crippen LogP contribution < -0.4 is 5.32 Å². The van der Waals surface area contributed by atoms with Crippen molar-refractivity contribution in [3.63, 3.8) is 0 Å². The van der Waals surface area contributed by atoms with Crippen molar-refractivity contribution in [2.24, 2.45) is 0 Å². The quantitative estimate of drug-likeness (QED) is 0.606. The Labute approximate surface area is 162 Å². The zero-order valence-corrected chi connectivity index (χ0v) is 15.4. The van der Waals surface area contributed by atoms with Crippen LogP contribution in [0, 0.1) is 10.1 Å². The Balaban J connectivity index is 1.79. The first-order valence-corrected chi connectivity index (χ1v) is 9.02. The maximum Gasteiger partial charge on any atom is 0.288 e. The summed E-state index contributed by atoms with van der Waals surface area (Å²) in [5, 5.41) is 14.1. The van der Waals surface area contributed by atoms with Crippen LogP contribution in [-0.2, 0) is 4.74 Å². The molecule has 0 aromatic heterocycles. The van der Waals surface area contributed by atoms with Crippen LogP contribution in [0.5, 0.6) is 0 Å². The maximum absolute atomic E-state index is 12.7. The number of carbonyl (C=O) groups is 1. The van der Waals surface area contributed by atoms with Crippen molar-refractivity contribution in [2.45, 2.75) is 6.04 Å². The monoisotopic (exact) mass is 389 g/mol.